The minimum atomic E-state index is -3.64. The van der Waals surface area contributed by atoms with Gasteiger partial charge in [-0.25, -0.2) is 8.42 Å². The van der Waals surface area contributed by atoms with Crippen molar-refractivity contribution in [2.24, 2.45) is 0 Å². The number of hydrogen-bond acceptors (Lipinski definition) is 5. The van der Waals surface area contributed by atoms with Gasteiger partial charge >= 0.3 is 0 Å². The van der Waals surface area contributed by atoms with Crippen LogP contribution in [0.2, 0.25) is 0 Å². The molecule has 33 heavy (non-hydrogen) atoms. The van der Waals surface area contributed by atoms with E-state index in [0.29, 0.717) is 43.0 Å². The normalized spacial score (nSPS) is 15.8. The van der Waals surface area contributed by atoms with E-state index in [1.807, 2.05) is 20.8 Å². The van der Waals surface area contributed by atoms with Crippen molar-refractivity contribution >= 4 is 27.5 Å². The van der Waals surface area contributed by atoms with Crippen LogP contribution in [0.4, 0.5) is 5.69 Å². The summed E-state index contributed by atoms with van der Waals surface area (Å²) < 4.78 is 27.6. The molecule has 0 unspecified atom stereocenters. The Hall–Kier alpha value is -2.75. The molecule has 2 aromatic rings. The zero-order valence-electron chi connectivity index (χ0n) is 19.6. The first-order chi connectivity index (χ1) is 15.5. The van der Waals surface area contributed by atoms with Gasteiger partial charge < -0.3 is 15.5 Å². The van der Waals surface area contributed by atoms with E-state index < -0.39 is 10.0 Å². The monoisotopic (exact) mass is 472 g/mol. The van der Waals surface area contributed by atoms with E-state index in [-0.39, 0.29) is 22.2 Å². The molecule has 0 bridgehead atoms. The quantitative estimate of drug-likeness (QED) is 0.674. The molecule has 1 fully saturated rings. The summed E-state index contributed by atoms with van der Waals surface area (Å²) in [7, 11) is -3.64. The summed E-state index contributed by atoms with van der Waals surface area (Å²) in [6, 6.07) is 12.6. The highest BCUT2D eigenvalue weighted by atomic mass is 32.2. The van der Waals surface area contributed by atoms with Crippen molar-refractivity contribution in [1.29, 1.82) is 0 Å². The Balaban J connectivity index is 1.69. The molecule has 1 aliphatic heterocycles. The summed E-state index contributed by atoms with van der Waals surface area (Å²) in [6.45, 7) is 10.9. The average Bonchev–Trinajstić information content (AvgIpc) is 2.78. The van der Waals surface area contributed by atoms with Crippen LogP contribution in [0, 0.1) is 0 Å². The lowest BCUT2D eigenvalue weighted by atomic mass is 10.1. The van der Waals surface area contributed by atoms with E-state index in [2.05, 4.69) is 22.5 Å². The van der Waals surface area contributed by atoms with Crippen LogP contribution in [0.3, 0.4) is 0 Å². The van der Waals surface area contributed by atoms with Gasteiger partial charge in [0.1, 0.15) is 0 Å². The molecule has 1 aliphatic rings. The zero-order valence-corrected chi connectivity index (χ0v) is 20.4. The number of carbonyl (C=O) groups excluding carboxylic acids is 2. The molecular weight excluding hydrogens is 440 g/mol. The number of nitrogens with one attached hydrogen (secondary N) is 2. The highest BCUT2D eigenvalue weighted by molar-refractivity contribution is 7.89. The Morgan fingerprint density at radius 3 is 2.03 bits per heavy atom. The lowest BCUT2D eigenvalue weighted by Gasteiger charge is -2.33. The number of carbonyl (C=O) groups is 2. The Labute approximate surface area is 196 Å². The lowest BCUT2D eigenvalue weighted by Crippen LogP contribution is -2.48. The summed E-state index contributed by atoms with van der Waals surface area (Å²) in [5, 5.41) is 5.62. The van der Waals surface area contributed by atoms with E-state index in [9.17, 15) is 18.0 Å². The van der Waals surface area contributed by atoms with Crippen molar-refractivity contribution in [2.45, 2.75) is 38.1 Å². The Morgan fingerprint density at radius 2 is 1.48 bits per heavy atom. The molecule has 8 nitrogen and oxygen atoms in total. The molecule has 178 valence electrons. The van der Waals surface area contributed by atoms with Gasteiger partial charge in [0, 0.05) is 48.5 Å². The number of anilines is 1. The van der Waals surface area contributed by atoms with Gasteiger partial charge in [-0.05, 0) is 69.8 Å². The largest absolute Gasteiger partial charge is 0.347 e. The molecule has 2 amide bonds. The van der Waals surface area contributed by atoms with Crippen LogP contribution in [-0.4, -0.2) is 67.7 Å². The molecule has 0 radical (unpaired) electrons. The van der Waals surface area contributed by atoms with E-state index in [1.165, 1.54) is 10.4 Å². The predicted molar refractivity (Wildman–Crippen MR) is 129 cm³/mol. The van der Waals surface area contributed by atoms with E-state index in [0.717, 1.165) is 6.54 Å². The molecule has 1 saturated heterocycles. The second kappa shape index (κ2) is 10.0. The second-order valence-electron chi connectivity index (χ2n) is 9.10. The number of sulfonamides is 1. The third-order valence-electron chi connectivity index (χ3n) is 5.41. The van der Waals surface area contributed by atoms with Crippen LogP contribution in [0.25, 0.3) is 0 Å². The first-order valence-corrected chi connectivity index (χ1v) is 12.5. The minimum absolute atomic E-state index is 0.152. The van der Waals surface area contributed by atoms with Crippen molar-refractivity contribution < 1.29 is 18.0 Å². The van der Waals surface area contributed by atoms with Crippen LogP contribution in [-0.2, 0) is 10.0 Å². The van der Waals surface area contributed by atoms with Crippen molar-refractivity contribution in [1.82, 2.24) is 14.5 Å². The third-order valence-corrected chi connectivity index (χ3v) is 7.30. The first kappa shape index (κ1) is 24.9. The van der Waals surface area contributed by atoms with E-state index in [1.54, 1.807) is 42.5 Å². The first-order valence-electron chi connectivity index (χ1n) is 11.1. The summed E-state index contributed by atoms with van der Waals surface area (Å²) in [5.74, 6) is -0.601. The number of hydrogen-bond donors (Lipinski definition) is 2. The summed E-state index contributed by atoms with van der Waals surface area (Å²) in [6.07, 6.45) is 0. The number of nitrogens with zero attached hydrogens (tertiary/aromatic N) is 2. The number of likely N-dealkylation sites (N-methyl/N-ethyl adjacent to an activating group) is 1. The summed E-state index contributed by atoms with van der Waals surface area (Å²) in [5.41, 5.74) is 0.856. The molecule has 3 rings (SSSR count). The zero-order chi connectivity index (χ0) is 24.2. The Bertz CT molecular complexity index is 1100. The van der Waals surface area contributed by atoms with Crippen LogP contribution in [0.5, 0.6) is 0 Å². The van der Waals surface area contributed by atoms with Crippen LogP contribution < -0.4 is 10.6 Å². The molecule has 0 atom stereocenters. The van der Waals surface area contributed by atoms with Crippen molar-refractivity contribution in [3.8, 4) is 0 Å². The van der Waals surface area contributed by atoms with Gasteiger partial charge in [-0.15, -0.1) is 0 Å². The van der Waals surface area contributed by atoms with Gasteiger partial charge in [0.15, 0.2) is 0 Å². The number of benzene rings is 2. The fourth-order valence-corrected chi connectivity index (χ4v) is 5.03. The minimum Gasteiger partial charge on any atom is -0.347 e. The Morgan fingerprint density at radius 1 is 0.909 bits per heavy atom. The smallest absolute Gasteiger partial charge is 0.255 e. The molecule has 0 saturated carbocycles. The van der Waals surface area contributed by atoms with Gasteiger partial charge in [-0.1, -0.05) is 13.0 Å². The topological polar surface area (TPSA) is 98.8 Å². The van der Waals surface area contributed by atoms with Gasteiger partial charge in [0.25, 0.3) is 11.8 Å². The molecule has 0 aliphatic carbocycles. The molecule has 0 aromatic heterocycles. The van der Waals surface area contributed by atoms with Gasteiger partial charge in [-0.2, -0.15) is 4.31 Å². The molecule has 9 heteroatoms. The second-order valence-corrected chi connectivity index (χ2v) is 11.0. The fraction of sp³-hybridized carbons (Fsp3) is 0.417. The maximum Gasteiger partial charge on any atom is 0.255 e. The van der Waals surface area contributed by atoms with Gasteiger partial charge in [-0.3, -0.25) is 9.59 Å². The highest BCUT2D eigenvalue weighted by Crippen LogP contribution is 2.21. The van der Waals surface area contributed by atoms with Gasteiger partial charge in [0.05, 0.1) is 4.90 Å². The standard InChI is InChI=1S/C24H32N4O4S/c1-5-27-13-15-28(16-14-27)33(31,32)21-8-6-7-20(17-21)25-22(29)18-9-11-19(12-10-18)23(30)26-24(2,3)4/h6-12,17H,5,13-16H2,1-4H3,(H,25,29)(H,26,30). The number of rotatable bonds is 6. The van der Waals surface area contributed by atoms with Crippen LogP contribution >= 0.6 is 0 Å². The third kappa shape index (κ3) is 6.40. The summed E-state index contributed by atoms with van der Waals surface area (Å²) >= 11 is 0. The molecular formula is C24H32N4O4S. The number of amides is 2. The van der Waals surface area contributed by atoms with E-state index >= 15 is 0 Å². The Kier molecular flexibility index (Phi) is 7.56. The van der Waals surface area contributed by atoms with Crippen molar-refractivity contribution in [2.75, 3.05) is 38.0 Å². The molecule has 2 aromatic carbocycles. The molecule has 0 spiro atoms. The van der Waals surface area contributed by atoms with Gasteiger partial charge in [0.2, 0.25) is 10.0 Å². The van der Waals surface area contributed by atoms with Crippen LogP contribution in [0.1, 0.15) is 48.4 Å². The fourth-order valence-electron chi connectivity index (χ4n) is 3.56. The SMILES string of the molecule is CCN1CCN(S(=O)(=O)c2cccc(NC(=O)c3ccc(C(=O)NC(C)(C)C)cc3)c2)CC1. The van der Waals surface area contributed by atoms with E-state index in [4.69, 9.17) is 0 Å². The number of piperazine rings is 1. The lowest BCUT2D eigenvalue weighted by molar-refractivity contribution is 0.0918. The highest BCUT2D eigenvalue weighted by Gasteiger charge is 2.28. The summed E-state index contributed by atoms with van der Waals surface area (Å²) in [4.78, 5) is 27.3. The van der Waals surface area contributed by atoms with Crippen molar-refractivity contribution in [3.05, 3.63) is 59.7 Å². The predicted octanol–water partition coefficient (Wildman–Crippen LogP) is 2.79. The maximum absolute atomic E-state index is 13.0. The maximum atomic E-state index is 13.0. The molecule has 2 N–H and O–H groups in total. The van der Waals surface area contributed by atoms with Crippen LogP contribution in [0.15, 0.2) is 53.4 Å². The average molecular weight is 473 g/mol. The van der Waals surface area contributed by atoms with Crippen molar-refractivity contribution in [3.63, 3.8) is 0 Å². The molecule has 1 heterocycles.